The van der Waals surface area contributed by atoms with Gasteiger partial charge in [-0.2, -0.15) is 4.31 Å². The Bertz CT molecular complexity index is 1150. The number of aromatic nitrogens is 1. The number of nitrogens with one attached hydrogen (secondary N) is 2. The van der Waals surface area contributed by atoms with Crippen LogP contribution < -0.4 is 10.6 Å². The largest absolute Gasteiger partial charge is 0.334 e. The molecule has 2 heterocycles. The summed E-state index contributed by atoms with van der Waals surface area (Å²) < 4.78 is 28.4. The topological polar surface area (TPSA) is 91.4 Å². The quantitative estimate of drug-likeness (QED) is 0.507. The summed E-state index contributed by atoms with van der Waals surface area (Å²) in [5, 5.41) is 5.49. The Morgan fingerprint density at radius 1 is 0.971 bits per heavy atom. The van der Waals surface area contributed by atoms with Crippen LogP contribution in [-0.4, -0.2) is 36.3 Å². The third-order valence-electron chi connectivity index (χ3n) is 5.78. The van der Waals surface area contributed by atoms with Crippen LogP contribution in [0.2, 0.25) is 0 Å². The lowest BCUT2D eigenvalue weighted by molar-refractivity contribution is 0.251. The highest BCUT2D eigenvalue weighted by molar-refractivity contribution is 7.89. The average molecular weight is 481 g/mol. The van der Waals surface area contributed by atoms with Crippen LogP contribution >= 0.6 is 0 Å². The van der Waals surface area contributed by atoms with Crippen molar-refractivity contribution in [2.45, 2.75) is 50.6 Å². The fourth-order valence-electron chi connectivity index (χ4n) is 4.09. The summed E-state index contributed by atoms with van der Waals surface area (Å²) in [7, 11) is -3.62. The van der Waals surface area contributed by atoms with Gasteiger partial charge in [0.1, 0.15) is 0 Å². The minimum Gasteiger partial charge on any atom is -0.334 e. The molecule has 2 N–H and O–H groups in total. The van der Waals surface area contributed by atoms with E-state index in [1.165, 1.54) is 0 Å². The fraction of sp³-hybridized carbons (Fsp3) is 0.308. The Morgan fingerprint density at radius 2 is 1.71 bits per heavy atom. The normalized spacial score (nSPS) is 16.3. The minimum atomic E-state index is -3.62. The summed E-state index contributed by atoms with van der Waals surface area (Å²) in [5.74, 6) is 0. The second-order valence-corrected chi connectivity index (χ2v) is 10.0. The van der Waals surface area contributed by atoms with Crippen LogP contribution in [-0.2, 0) is 23.0 Å². The molecule has 180 valence electrons. The summed E-state index contributed by atoms with van der Waals surface area (Å²) in [6.45, 7) is 0.875. The number of urea groups is 1. The van der Waals surface area contributed by atoms with Crippen LogP contribution in [0.25, 0.3) is 0 Å². The van der Waals surface area contributed by atoms with E-state index >= 15 is 0 Å². The second-order valence-electron chi connectivity index (χ2n) is 8.15. The maximum atomic E-state index is 13.4. The molecule has 0 saturated carbocycles. The summed E-state index contributed by atoms with van der Waals surface area (Å²) in [6.07, 6.45) is 6.81. The van der Waals surface area contributed by atoms with Gasteiger partial charge in [0.25, 0.3) is 0 Å². The van der Waals surface area contributed by atoms with Gasteiger partial charge in [0.2, 0.25) is 10.0 Å². The Morgan fingerprint density at radius 3 is 2.41 bits per heavy atom. The van der Waals surface area contributed by atoms with E-state index in [0.29, 0.717) is 25.2 Å². The molecule has 1 saturated heterocycles. The third kappa shape index (κ3) is 6.42. The number of carbonyl (C=O) groups excluding carboxylic acids is 1. The minimum absolute atomic E-state index is 0. The number of nitrogens with zero attached hydrogens (tertiary/aromatic N) is 2. The van der Waals surface area contributed by atoms with Gasteiger partial charge in [-0.1, -0.05) is 50.2 Å². The molecular formula is C26H32N4O3S. The fourth-order valence-corrected chi connectivity index (χ4v) is 5.78. The molecule has 2 aromatic carbocycles. The van der Waals surface area contributed by atoms with E-state index in [2.05, 4.69) is 15.6 Å². The molecule has 0 aliphatic carbocycles. The Kier molecular flexibility index (Phi) is 8.79. The monoisotopic (exact) mass is 480 g/mol. The number of carbonyl (C=O) groups is 1. The van der Waals surface area contributed by atoms with E-state index in [-0.39, 0.29) is 24.4 Å². The summed E-state index contributed by atoms with van der Waals surface area (Å²) in [4.78, 5) is 16.4. The van der Waals surface area contributed by atoms with Gasteiger partial charge in [-0.25, -0.2) is 13.2 Å². The molecule has 4 rings (SSSR count). The number of hydrogen-bond acceptors (Lipinski definition) is 4. The average Bonchev–Trinajstić information content (AvgIpc) is 2.85. The summed E-state index contributed by atoms with van der Waals surface area (Å²) >= 11 is 0. The lowest BCUT2D eigenvalue weighted by atomic mass is 9.98. The van der Waals surface area contributed by atoms with Gasteiger partial charge in [-0.3, -0.25) is 4.98 Å². The van der Waals surface area contributed by atoms with Crippen molar-refractivity contribution in [3.05, 3.63) is 90.3 Å². The van der Waals surface area contributed by atoms with Crippen molar-refractivity contribution in [2.75, 3.05) is 11.9 Å². The molecule has 0 bridgehead atoms. The van der Waals surface area contributed by atoms with Crippen molar-refractivity contribution in [3.8, 4) is 0 Å². The molecular weight excluding hydrogens is 448 g/mol. The lowest BCUT2D eigenvalue weighted by Gasteiger charge is -2.35. The zero-order chi connectivity index (χ0) is 23.1. The first-order valence-electron chi connectivity index (χ1n) is 11.1. The van der Waals surface area contributed by atoms with Gasteiger partial charge in [0, 0.05) is 37.2 Å². The van der Waals surface area contributed by atoms with Gasteiger partial charge in [0.15, 0.2) is 0 Å². The standard InChI is InChI=1S/C25H28N4O3S.CH4/c30-25(27-19-21-9-6-15-26-18-21)28-22-11-13-24(14-12-22)33(31,32)29-16-5-4-10-23(29)17-20-7-2-1-3-8-20;/h1-3,6-9,11-15,18,23H,4-5,10,16-17,19H2,(H2,27,28,30);1H4/t23-;/m1./s1. The van der Waals surface area contributed by atoms with Gasteiger partial charge < -0.3 is 10.6 Å². The van der Waals surface area contributed by atoms with Gasteiger partial charge in [0.05, 0.1) is 4.90 Å². The first kappa shape index (κ1) is 25.4. The number of benzene rings is 2. The second kappa shape index (κ2) is 11.8. The first-order valence-corrected chi connectivity index (χ1v) is 12.6. The highest BCUT2D eigenvalue weighted by Gasteiger charge is 2.33. The molecule has 1 aliphatic heterocycles. The van der Waals surface area contributed by atoms with E-state index < -0.39 is 10.0 Å². The number of sulfonamides is 1. The predicted octanol–water partition coefficient (Wildman–Crippen LogP) is 4.83. The predicted molar refractivity (Wildman–Crippen MR) is 135 cm³/mol. The van der Waals surface area contributed by atoms with Crippen molar-refractivity contribution in [3.63, 3.8) is 0 Å². The number of piperidine rings is 1. The van der Waals surface area contributed by atoms with Crippen molar-refractivity contribution >= 4 is 21.7 Å². The molecule has 2 amide bonds. The van der Waals surface area contributed by atoms with E-state index in [1.54, 1.807) is 47.0 Å². The van der Waals surface area contributed by atoms with E-state index in [1.807, 2.05) is 36.4 Å². The Labute approximate surface area is 202 Å². The molecule has 3 aromatic rings. The number of pyridine rings is 1. The molecule has 1 aliphatic rings. The Balaban J connectivity index is 0.00000324. The van der Waals surface area contributed by atoms with Gasteiger partial charge in [-0.15, -0.1) is 0 Å². The van der Waals surface area contributed by atoms with Crippen LogP contribution in [0.5, 0.6) is 0 Å². The molecule has 1 fully saturated rings. The molecule has 34 heavy (non-hydrogen) atoms. The number of amides is 2. The smallest absolute Gasteiger partial charge is 0.319 e. The number of rotatable bonds is 7. The zero-order valence-corrected chi connectivity index (χ0v) is 19.2. The van der Waals surface area contributed by atoms with Gasteiger partial charge >= 0.3 is 6.03 Å². The molecule has 0 unspecified atom stereocenters. The van der Waals surface area contributed by atoms with Crippen molar-refractivity contribution in [2.24, 2.45) is 0 Å². The van der Waals surface area contributed by atoms with Crippen molar-refractivity contribution in [1.29, 1.82) is 0 Å². The zero-order valence-electron chi connectivity index (χ0n) is 18.4. The molecule has 0 radical (unpaired) electrons. The van der Waals surface area contributed by atoms with Crippen LogP contribution in [0.15, 0.2) is 84.0 Å². The number of hydrogen-bond donors (Lipinski definition) is 2. The SMILES string of the molecule is C.O=C(NCc1cccnc1)Nc1ccc(S(=O)(=O)N2CCCC[C@@H]2Cc2ccccc2)cc1. The van der Waals surface area contributed by atoms with E-state index in [4.69, 9.17) is 0 Å². The molecule has 7 nitrogen and oxygen atoms in total. The molecule has 1 atom stereocenters. The van der Waals surface area contributed by atoms with Crippen LogP contribution in [0.4, 0.5) is 10.5 Å². The number of anilines is 1. The van der Waals surface area contributed by atoms with Crippen LogP contribution in [0, 0.1) is 0 Å². The highest BCUT2D eigenvalue weighted by Crippen LogP contribution is 2.28. The van der Waals surface area contributed by atoms with Crippen LogP contribution in [0.1, 0.15) is 37.8 Å². The van der Waals surface area contributed by atoms with Crippen LogP contribution in [0.3, 0.4) is 0 Å². The van der Waals surface area contributed by atoms with E-state index in [9.17, 15) is 13.2 Å². The summed E-state index contributed by atoms with van der Waals surface area (Å²) in [6, 6.07) is 19.6. The molecule has 0 spiro atoms. The van der Waals surface area contributed by atoms with E-state index in [0.717, 1.165) is 30.4 Å². The maximum absolute atomic E-state index is 13.4. The summed E-state index contributed by atoms with van der Waals surface area (Å²) in [5.41, 5.74) is 2.55. The third-order valence-corrected chi connectivity index (χ3v) is 7.75. The highest BCUT2D eigenvalue weighted by atomic mass is 32.2. The lowest BCUT2D eigenvalue weighted by Crippen LogP contribution is -2.44. The Hall–Kier alpha value is -3.23. The molecule has 1 aromatic heterocycles. The van der Waals surface area contributed by atoms with Gasteiger partial charge in [-0.05, 0) is 60.7 Å². The first-order chi connectivity index (χ1) is 16.0. The van der Waals surface area contributed by atoms with Crippen molar-refractivity contribution in [1.82, 2.24) is 14.6 Å². The maximum Gasteiger partial charge on any atom is 0.319 e. The van der Waals surface area contributed by atoms with Crippen molar-refractivity contribution < 1.29 is 13.2 Å². The molecule has 8 heteroatoms.